The molecule has 0 bridgehead atoms. The van der Waals surface area contributed by atoms with E-state index in [4.69, 9.17) is 9.15 Å². The van der Waals surface area contributed by atoms with Crippen LogP contribution in [0.25, 0.3) is 0 Å². The van der Waals surface area contributed by atoms with Crippen LogP contribution in [0, 0.1) is 5.82 Å². The van der Waals surface area contributed by atoms with Gasteiger partial charge in [-0.1, -0.05) is 6.92 Å². The Balaban J connectivity index is 2.31. The SMILES string of the molecule is CCC(Nc1cc(F)ccc1C(=O)OC)c1ccco1. The quantitative estimate of drug-likeness (QED) is 0.845. The van der Waals surface area contributed by atoms with Crippen LogP contribution in [-0.2, 0) is 4.74 Å². The van der Waals surface area contributed by atoms with E-state index in [0.29, 0.717) is 11.3 Å². The molecule has 2 aromatic rings. The van der Waals surface area contributed by atoms with Gasteiger partial charge >= 0.3 is 5.97 Å². The van der Waals surface area contributed by atoms with Crippen molar-refractivity contribution in [1.29, 1.82) is 0 Å². The first-order chi connectivity index (χ1) is 9.65. The first-order valence-corrected chi connectivity index (χ1v) is 6.33. The van der Waals surface area contributed by atoms with Crippen molar-refractivity contribution in [2.24, 2.45) is 0 Å². The number of anilines is 1. The van der Waals surface area contributed by atoms with E-state index in [9.17, 15) is 9.18 Å². The Kier molecular flexibility index (Phi) is 4.40. The fourth-order valence-electron chi connectivity index (χ4n) is 1.98. The van der Waals surface area contributed by atoms with Crippen LogP contribution in [0.2, 0.25) is 0 Å². The van der Waals surface area contributed by atoms with Crippen LogP contribution in [-0.4, -0.2) is 13.1 Å². The van der Waals surface area contributed by atoms with E-state index in [0.717, 1.165) is 12.2 Å². The molecule has 0 spiro atoms. The standard InChI is InChI=1S/C15H16FNO3/c1-3-12(14-5-4-8-20-14)17-13-9-10(16)6-7-11(13)15(18)19-2/h4-9,12,17H,3H2,1-2H3. The second-order valence-electron chi connectivity index (χ2n) is 4.30. The molecule has 4 nitrogen and oxygen atoms in total. The van der Waals surface area contributed by atoms with Gasteiger partial charge in [-0.2, -0.15) is 0 Å². The lowest BCUT2D eigenvalue weighted by Crippen LogP contribution is -2.13. The van der Waals surface area contributed by atoms with Crippen molar-refractivity contribution in [2.75, 3.05) is 12.4 Å². The molecule has 0 aliphatic carbocycles. The van der Waals surface area contributed by atoms with Crippen LogP contribution >= 0.6 is 0 Å². The van der Waals surface area contributed by atoms with Crippen molar-refractivity contribution in [2.45, 2.75) is 19.4 Å². The largest absolute Gasteiger partial charge is 0.467 e. The number of nitrogens with one attached hydrogen (secondary N) is 1. The average molecular weight is 277 g/mol. The van der Waals surface area contributed by atoms with Crippen molar-refractivity contribution < 1.29 is 18.3 Å². The number of hydrogen-bond acceptors (Lipinski definition) is 4. The van der Waals surface area contributed by atoms with E-state index in [-0.39, 0.29) is 6.04 Å². The number of rotatable bonds is 5. The second kappa shape index (κ2) is 6.23. The fraction of sp³-hybridized carbons (Fsp3) is 0.267. The topological polar surface area (TPSA) is 51.5 Å². The first-order valence-electron chi connectivity index (χ1n) is 6.33. The molecule has 0 fully saturated rings. The number of carbonyl (C=O) groups excluding carboxylic acids is 1. The maximum absolute atomic E-state index is 13.4. The average Bonchev–Trinajstić information content (AvgIpc) is 2.98. The first kappa shape index (κ1) is 14.1. The van der Waals surface area contributed by atoms with E-state index in [1.165, 1.54) is 25.3 Å². The highest BCUT2D eigenvalue weighted by molar-refractivity contribution is 5.95. The van der Waals surface area contributed by atoms with Gasteiger partial charge in [-0.3, -0.25) is 0 Å². The predicted octanol–water partition coefficient (Wildman–Crippen LogP) is 3.77. The predicted molar refractivity (Wildman–Crippen MR) is 73.1 cm³/mol. The third-order valence-corrected chi connectivity index (χ3v) is 3.01. The Morgan fingerprint density at radius 1 is 1.45 bits per heavy atom. The van der Waals surface area contributed by atoms with E-state index in [2.05, 4.69) is 5.32 Å². The summed E-state index contributed by atoms with van der Waals surface area (Å²) in [5.41, 5.74) is 0.680. The maximum atomic E-state index is 13.4. The van der Waals surface area contributed by atoms with Crippen LogP contribution < -0.4 is 5.32 Å². The Bertz CT molecular complexity index is 581. The Hall–Kier alpha value is -2.30. The van der Waals surface area contributed by atoms with Crippen molar-refractivity contribution in [3.8, 4) is 0 Å². The zero-order valence-electron chi connectivity index (χ0n) is 11.4. The molecule has 1 aromatic carbocycles. The van der Waals surface area contributed by atoms with Gasteiger partial charge in [-0.15, -0.1) is 0 Å². The summed E-state index contributed by atoms with van der Waals surface area (Å²) in [6.45, 7) is 1.97. The molecule has 1 heterocycles. The number of methoxy groups -OCH3 is 1. The van der Waals surface area contributed by atoms with Gasteiger partial charge in [0, 0.05) is 0 Å². The van der Waals surface area contributed by atoms with Crippen molar-refractivity contribution in [3.63, 3.8) is 0 Å². The van der Waals surface area contributed by atoms with Crippen molar-refractivity contribution >= 4 is 11.7 Å². The molecule has 1 unspecified atom stereocenters. The summed E-state index contributed by atoms with van der Waals surface area (Å²) >= 11 is 0. The van der Waals surface area contributed by atoms with Crippen LogP contribution in [0.5, 0.6) is 0 Å². The number of halogens is 1. The Morgan fingerprint density at radius 3 is 2.85 bits per heavy atom. The van der Waals surface area contributed by atoms with Crippen molar-refractivity contribution in [3.05, 3.63) is 53.7 Å². The van der Waals surface area contributed by atoms with E-state index in [1.807, 2.05) is 13.0 Å². The molecule has 0 amide bonds. The number of furan rings is 1. The second-order valence-corrected chi connectivity index (χ2v) is 4.30. The normalized spacial score (nSPS) is 11.9. The van der Waals surface area contributed by atoms with Gasteiger partial charge in [0.2, 0.25) is 0 Å². The minimum atomic E-state index is -0.512. The van der Waals surface area contributed by atoms with Gasteiger partial charge in [-0.05, 0) is 36.8 Å². The van der Waals surface area contributed by atoms with Gasteiger partial charge in [0.05, 0.1) is 30.7 Å². The molecule has 5 heteroatoms. The summed E-state index contributed by atoms with van der Waals surface area (Å²) in [5.74, 6) is -0.205. The summed E-state index contributed by atoms with van der Waals surface area (Å²) in [4.78, 5) is 11.7. The molecule has 1 N–H and O–H groups in total. The summed E-state index contributed by atoms with van der Waals surface area (Å²) < 4.78 is 23.4. The fourth-order valence-corrected chi connectivity index (χ4v) is 1.98. The molecule has 1 aromatic heterocycles. The number of esters is 1. The highest BCUT2D eigenvalue weighted by Crippen LogP contribution is 2.26. The van der Waals surface area contributed by atoms with Gasteiger partial charge in [-0.25, -0.2) is 9.18 Å². The zero-order chi connectivity index (χ0) is 14.5. The molecule has 0 aliphatic heterocycles. The van der Waals surface area contributed by atoms with E-state index < -0.39 is 11.8 Å². The van der Waals surface area contributed by atoms with Crippen LogP contribution in [0.3, 0.4) is 0 Å². The monoisotopic (exact) mass is 277 g/mol. The van der Waals surface area contributed by atoms with E-state index >= 15 is 0 Å². The molecular formula is C15H16FNO3. The summed E-state index contributed by atoms with van der Waals surface area (Å²) in [7, 11) is 1.29. The third kappa shape index (κ3) is 2.99. The summed E-state index contributed by atoms with van der Waals surface area (Å²) in [6.07, 6.45) is 2.30. The molecule has 2 rings (SSSR count). The van der Waals surface area contributed by atoms with Crippen LogP contribution in [0.15, 0.2) is 41.0 Å². The molecule has 20 heavy (non-hydrogen) atoms. The molecule has 1 atom stereocenters. The molecule has 106 valence electrons. The maximum Gasteiger partial charge on any atom is 0.339 e. The lowest BCUT2D eigenvalue weighted by atomic mass is 10.1. The Labute approximate surface area is 116 Å². The van der Waals surface area contributed by atoms with Gasteiger partial charge in [0.1, 0.15) is 11.6 Å². The number of ether oxygens (including phenoxy) is 1. The Morgan fingerprint density at radius 2 is 2.25 bits per heavy atom. The lowest BCUT2D eigenvalue weighted by Gasteiger charge is -2.18. The number of carbonyl (C=O) groups is 1. The highest BCUT2D eigenvalue weighted by Gasteiger charge is 2.18. The van der Waals surface area contributed by atoms with Gasteiger partial charge in [0.25, 0.3) is 0 Å². The van der Waals surface area contributed by atoms with Gasteiger partial charge < -0.3 is 14.5 Å². The molecule has 0 saturated heterocycles. The van der Waals surface area contributed by atoms with Crippen LogP contribution in [0.4, 0.5) is 10.1 Å². The number of hydrogen-bond donors (Lipinski definition) is 1. The molecule has 0 saturated carbocycles. The lowest BCUT2D eigenvalue weighted by molar-refractivity contribution is 0.0601. The minimum Gasteiger partial charge on any atom is -0.467 e. The minimum absolute atomic E-state index is 0.143. The van der Waals surface area contributed by atoms with Crippen molar-refractivity contribution in [1.82, 2.24) is 0 Å². The van der Waals surface area contributed by atoms with Crippen LogP contribution in [0.1, 0.15) is 35.5 Å². The highest BCUT2D eigenvalue weighted by atomic mass is 19.1. The smallest absolute Gasteiger partial charge is 0.339 e. The van der Waals surface area contributed by atoms with E-state index in [1.54, 1.807) is 12.3 Å². The molecule has 0 aliphatic rings. The molecule has 0 radical (unpaired) electrons. The van der Waals surface area contributed by atoms with Gasteiger partial charge in [0.15, 0.2) is 0 Å². The summed E-state index contributed by atoms with van der Waals surface area (Å²) in [6, 6.07) is 7.38. The zero-order valence-corrected chi connectivity index (χ0v) is 11.4. The molecular weight excluding hydrogens is 261 g/mol. The third-order valence-electron chi connectivity index (χ3n) is 3.01. The summed E-state index contributed by atoms with van der Waals surface area (Å²) in [5, 5.41) is 3.12. The number of benzene rings is 1.